The molecule has 0 saturated carbocycles. The second-order valence-corrected chi connectivity index (χ2v) is 7.31. The van der Waals surface area contributed by atoms with Crippen molar-refractivity contribution in [1.82, 2.24) is 9.97 Å². The Morgan fingerprint density at radius 2 is 1.96 bits per heavy atom. The average molecular weight is 390 g/mol. The van der Waals surface area contributed by atoms with Crippen molar-refractivity contribution >= 4 is 28.4 Å². The number of hydrogen-bond acceptors (Lipinski definition) is 5. The average Bonchev–Trinajstić information content (AvgIpc) is 3.13. The molecule has 3 aromatic rings. The molecular formula is C22H21N4OS-. The lowest BCUT2D eigenvalue weighted by Gasteiger charge is -2.09. The van der Waals surface area contributed by atoms with E-state index >= 15 is 0 Å². The monoisotopic (exact) mass is 389 g/mol. The topological polar surface area (TPSA) is 92.7 Å². The number of aromatic nitrogens is 2. The van der Waals surface area contributed by atoms with Crippen LogP contribution in [-0.4, -0.2) is 15.8 Å². The smallest absolute Gasteiger partial charge is 0.159 e. The molecule has 2 aromatic heterocycles. The van der Waals surface area contributed by atoms with Crippen LogP contribution in [0.2, 0.25) is 0 Å². The van der Waals surface area contributed by atoms with Gasteiger partial charge in [-0.05, 0) is 39.0 Å². The van der Waals surface area contributed by atoms with Gasteiger partial charge in [0.15, 0.2) is 5.78 Å². The molecule has 0 atom stereocenters. The van der Waals surface area contributed by atoms with Crippen LogP contribution in [0, 0.1) is 0 Å². The van der Waals surface area contributed by atoms with Crippen LogP contribution in [-0.2, 0) is 0 Å². The maximum absolute atomic E-state index is 11.8. The Labute approximate surface area is 168 Å². The molecule has 6 heteroatoms. The first-order chi connectivity index (χ1) is 13.4. The van der Waals surface area contributed by atoms with Crippen LogP contribution in [0.4, 0.5) is 0 Å². The summed E-state index contributed by atoms with van der Waals surface area (Å²) in [6.45, 7) is 5.17. The SMILES string of the molecule is CC=C([NH-])c1sc(C(=C(C)N)c2ccccn2)nc1-c1cccc(C(C)=O)c1. The van der Waals surface area contributed by atoms with Crippen molar-refractivity contribution in [1.29, 1.82) is 0 Å². The number of Topliss-reactive ketones (excluding diaryl/α,β-unsaturated/α-hetero) is 1. The van der Waals surface area contributed by atoms with E-state index in [1.807, 2.05) is 50.2 Å². The van der Waals surface area contributed by atoms with E-state index in [0.29, 0.717) is 27.7 Å². The number of nitrogens with zero attached hydrogens (tertiary/aromatic N) is 2. The first-order valence-corrected chi connectivity index (χ1v) is 9.62. The number of hydrogen-bond donors (Lipinski definition) is 1. The highest BCUT2D eigenvalue weighted by Gasteiger charge is 2.19. The molecule has 0 unspecified atom stereocenters. The lowest BCUT2D eigenvalue weighted by Crippen LogP contribution is -2.01. The van der Waals surface area contributed by atoms with Crippen molar-refractivity contribution in [3.63, 3.8) is 0 Å². The predicted octanol–water partition coefficient (Wildman–Crippen LogP) is 5.56. The highest BCUT2D eigenvalue weighted by Crippen LogP contribution is 2.38. The van der Waals surface area contributed by atoms with Gasteiger partial charge in [-0.3, -0.25) is 9.78 Å². The van der Waals surface area contributed by atoms with Crippen LogP contribution in [0.1, 0.15) is 46.7 Å². The van der Waals surface area contributed by atoms with Gasteiger partial charge in [-0.2, -0.15) is 0 Å². The Balaban J connectivity index is 2.23. The zero-order valence-electron chi connectivity index (χ0n) is 16.0. The molecule has 1 aromatic carbocycles. The third-order valence-corrected chi connectivity index (χ3v) is 5.34. The summed E-state index contributed by atoms with van der Waals surface area (Å²) < 4.78 is 0. The van der Waals surface area contributed by atoms with Crippen molar-refractivity contribution in [2.24, 2.45) is 5.73 Å². The summed E-state index contributed by atoms with van der Waals surface area (Å²) in [6.07, 6.45) is 3.45. The molecule has 5 nitrogen and oxygen atoms in total. The molecule has 0 bridgehead atoms. The Morgan fingerprint density at radius 1 is 1.18 bits per heavy atom. The van der Waals surface area contributed by atoms with Crippen LogP contribution in [0.3, 0.4) is 0 Å². The zero-order valence-corrected chi connectivity index (χ0v) is 16.8. The van der Waals surface area contributed by atoms with Gasteiger partial charge in [-0.15, -0.1) is 23.1 Å². The Morgan fingerprint density at radius 3 is 2.57 bits per heavy atom. The minimum Gasteiger partial charge on any atom is -0.698 e. The Kier molecular flexibility index (Phi) is 5.70. The van der Waals surface area contributed by atoms with E-state index in [4.69, 9.17) is 16.5 Å². The minimum absolute atomic E-state index is 0.0112. The standard InChI is InChI=1S/C22H21N4OS/c1-4-17(24)21-20(16-9-7-8-15(12-16)14(3)27)26-22(28-21)19(13(2)23)18-10-5-6-11-25-18/h4-12,24H,1-3H3,(H2,23,25,26)/q-1. The summed E-state index contributed by atoms with van der Waals surface area (Å²) in [5.74, 6) is -0.0112. The molecule has 0 fully saturated rings. The summed E-state index contributed by atoms with van der Waals surface area (Å²) in [6, 6.07) is 13.0. The summed E-state index contributed by atoms with van der Waals surface area (Å²) in [4.78, 5) is 21.8. The van der Waals surface area contributed by atoms with Crippen molar-refractivity contribution in [3.8, 4) is 11.3 Å². The lowest BCUT2D eigenvalue weighted by molar-refractivity contribution is 0.101. The number of benzene rings is 1. The number of ketones is 1. The van der Waals surface area contributed by atoms with Crippen LogP contribution in [0.5, 0.6) is 0 Å². The van der Waals surface area contributed by atoms with Gasteiger partial charge in [0.1, 0.15) is 5.01 Å². The molecule has 0 saturated heterocycles. The van der Waals surface area contributed by atoms with Gasteiger partial charge in [0.2, 0.25) is 0 Å². The van der Waals surface area contributed by atoms with E-state index in [0.717, 1.165) is 21.7 Å². The van der Waals surface area contributed by atoms with Gasteiger partial charge in [-0.25, -0.2) is 4.98 Å². The summed E-state index contributed by atoms with van der Waals surface area (Å²) in [5, 5.41) is 0.698. The molecule has 2 heterocycles. The van der Waals surface area contributed by atoms with Gasteiger partial charge in [-0.1, -0.05) is 24.3 Å². The van der Waals surface area contributed by atoms with Crippen LogP contribution >= 0.6 is 11.3 Å². The molecule has 3 rings (SSSR count). The molecule has 0 aliphatic rings. The minimum atomic E-state index is -0.0112. The van der Waals surface area contributed by atoms with Gasteiger partial charge in [0.25, 0.3) is 0 Å². The molecule has 0 spiro atoms. The van der Waals surface area contributed by atoms with Crippen LogP contribution < -0.4 is 5.73 Å². The first kappa shape index (κ1) is 19.5. The fraction of sp³-hybridized carbons (Fsp3) is 0.136. The summed E-state index contributed by atoms with van der Waals surface area (Å²) in [7, 11) is 0. The molecular weight excluding hydrogens is 368 g/mol. The van der Waals surface area contributed by atoms with E-state index in [9.17, 15) is 4.79 Å². The van der Waals surface area contributed by atoms with Gasteiger partial charge < -0.3 is 11.5 Å². The number of carbonyl (C=O) groups is 1. The molecule has 0 aliphatic carbocycles. The van der Waals surface area contributed by atoms with E-state index < -0.39 is 0 Å². The number of thiazole rings is 1. The first-order valence-electron chi connectivity index (χ1n) is 8.81. The van der Waals surface area contributed by atoms with Crippen molar-refractivity contribution in [2.75, 3.05) is 0 Å². The van der Waals surface area contributed by atoms with E-state index in [-0.39, 0.29) is 5.78 Å². The van der Waals surface area contributed by atoms with Gasteiger partial charge in [0.05, 0.1) is 17.0 Å². The van der Waals surface area contributed by atoms with Gasteiger partial charge in [0, 0.05) is 27.9 Å². The number of pyridine rings is 1. The fourth-order valence-electron chi connectivity index (χ4n) is 2.81. The molecule has 0 amide bonds. The van der Waals surface area contributed by atoms with Crippen molar-refractivity contribution < 1.29 is 4.79 Å². The highest BCUT2D eigenvalue weighted by atomic mass is 32.1. The second kappa shape index (κ2) is 8.19. The highest BCUT2D eigenvalue weighted by molar-refractivity contribution is 7.14. The van der Waals surface area contributed by atoms with Crippen LogP contribution in [0.25, 0.3) is 28.3 Å². The number of rotatable bonds is 5. The predicted molar refractivity (Wildman–Crippen MR) is 116 cm³/mol. The second-order valence-electron chi connectivity index (χ2n) is 6.31. The number of nitrogens with one attached hydrogen (secondary N) is 1. The summed E-state index contributed by atoms with van der Waals surface area (Å²) >= 11 is 1.40. The molecule has 0 radical (unpaired) electrons. The fourth-order valence-corrected chi connectivity index (χ4v) is 4.00. The molecule has 28 heavy (non-hydrogen) atoms. The molecule has 142 valence electrons. The normalized spacial score (nSPS) is 12.6. The number of nitrogens with two attached hydrogens (primary N) is 1. The van der Waals surface area contributed by atoms with Gasteiger partial charge >= 0.3 is 0 Å². The van der Waals surface area contributed by atoms with Crippen LogP contribution in [0.15, 0.2) is 60.4 Å². The number of carbonyl (C=O) groups excluding carboxylic acids is 1. The Hall–Kier alpha value is -3.25. The van der Waals surface area contributed by atoms with Crippen molar-refractivity contribution in [3.05, 3.63) is 87.3 Å². The third kappa shape index (κ3) is 3.87. The number of allylic oxidation sites excluding steroid dienone is 2. The third-order valence-electron chi connectivity index (χ3n) is 4.23. The lowest BCUT2D eigenvalue weighted by atomic mass is 10.0. The Bertz CT molecular complexity index is 1080. The van der Waals surface area contributed by atoms with E-state index in [2.05, 4.69) is 4.98 Å². The summed E-state index contributed by atoms with van der Waals surface area (Å²) in [5.41, 5.74) is 19.1. The van der Waals surface area contributed by atoms with E-state index in [1.54, 1.807) is 18.3 Å². The largest absolute Gasteiger partial charge is 0.698 e. The maximum atomic E-state index is 11.8. The maximum Gasteiger partial charge on any atom is 0.159 e. The quantitative estimate of drug-likeness (QED) is 0.578. The van der Waals surface area contributed by atoms with Crippen molar-refractivity contribution in [2.45, 2.75) is 20.8 Å². The zero-order chi connectivity index (χ0) is 20.3. The molecule has 3 N–H and O–H groups in total. The van der Waals surface area contributed by atoms with E-state index in [1.165, 1.54) is 18.3 Å². The molecule has 0 aliphatic heterocycles.